The molecule has 0 bridgehead atoms. The third-order valence-electron chi connectivity index (χ3n) is 6.48. The van der Waals surface area contributed by atoms with Gasteiger partial charge in [-0.15, -0.1) is 0 Å². The summed E-state index contributed by atoms with van der Waals surface area (Å²) in [5, 5.41) is 0.651. The number of carbonyl (C=O) groups excluding carboxylic acids is 2. The molecule has 3 aromatic carbocycles. The van der Waals surface area contributed by atoms with E-state index in [-0.39, 0.29) is 5.91 Å². The highest BCUT2D eigenvalue weighted by Gasteiger charge is 2.24. The second-order valence-corrected chi connectivity index (χ2v) is 9.17. The largest absolute Gasteiger partial charge is 0.366 e. The van der Waals surface area contributed by atoms with Crippen molar-refractivity contribution in [2.75, 3.05) is 31.1 Å². The van der Waals surface area contributed by atoms with Crippen LogP contribution in [0, 0.1) is 0 Å². The number of H-pyrrole nitrogens is 2. The number of anilines is 1. The van der Waals surface area contributed by atoms with Gasteiger partial charge in [-0.3, -0.25) is 9.59 Å². The van der Waals surface area contributed by atoms with E-state index >= 15 is 0 Å². The molecule has 1 aliphatic heterocycles. The molecule has 2 aromatic heterocycles. The lowest BCUT2D eigenvalue weighted by atomic mass is 10.1. The Kier molecular flexibility index (Phi) is 5.34. The van der Waals surface area contributed by atoms with Gasteiger partial charge in [0, 0.05) is 42.3 Å². The van der Waals surface area contributed by atoms with Crippen molar-refractivity contribution in [1.82, 2.24) is 24.8 Å². The van der Waals surface area contributed by atoms with Crippen molar-refractivity contribution in [3.63, 3.8) is 0 Å². The average molecular weight is 500 g/mol. The number of primary amides is 1. The number of aromatic nitrogens is 4. The van der Waals surface area contributed by atoms with Gasteiger partial charge in [0.05, 0.1) is 22.1 Å². The van der Waals surface area contributed by atoms with Gasteiger partial charge in [0.2, 0.25) is 5.95 Å². The quantitative estimate of drug-likeness (QED) is 0.347. The Hall–Kier alpha value is -4.37. The zero-order valence-corrected chi connectivity index (χ0v) is 19.9. The Bertz CT molecular complexity index is 1610. The van der Waals surface area contributed by atoms with Crippen LogP contribution in [0.2, 0.25) is 5.02 Å². The predicted octanol–water partition coefficient (Wildman–Crippen LogP) is 3.82. The molecule has 0 spiro atoms. The minimum Gasteiger partial charge on any atom is -0.366 e. The topological polar surface area (TPSA) is 124 Å². The van der Waals surface area contributed by atoms with Crippen LogP contribution < -0.4 is 10.6 Å². The summed E-state index contributed by atoms with van der Waals surface area (Å²) < 4.78 is 0. The van der Waals surface area contributed by atoms with Crippen LogP contribution in [0.4, 0.5) is 5.95 Å². The van der Waals surface area contributed by atoms with Gasteiger partial charge >= 0.3 is 0 Å². The summed E-state index contributed by atoms with van der Waals surface area (Å²) in [7, 11) is 0. The minimum absolute atomic E-state index is 0.0155. The van der Waals surface area contributed by atoms with Crippen molar-refractivity contribution in [3.8, 4) is 11.4 Å². The summed E-state index contributed by atoms with van der Waals surface area (Å²) in [6, 6.07) is 18.1. The van der Waals surface area contributed by atoms with Gasteiger partial charge in [-0.25, -0.2) is 9.97 Å². The van der Waals surface area contributed by atoms with Crippen molar-refractivity contribution in [1.29, 1.82) is 0 Å². The number of benzene rings is 3. The first kappa shape index (κ1) is 22.1. The number of para-hydroxylation sites is 1. The molecular weight excluding hydrogens is 478 g/mol. The van der Waals surface area contributed by atoms with E-state index in [1.165, 1.54) is 0 Å². The van der Waals surface area contributed by atoms with Crippen LogP contribution in [-0.4, -0.2) is 62.8 Å². The van der Waals surface area contributed by atoms with Crippen LogP contribution in [0.1, 0.15) is 20.7 Å². The Morgan fingerprint density at radius 3 is 2.42 bits per heavy atom. The molecule has 0 aliphatic carbocycles. The summed E-state index contributed by atoms with van der Waals surface area (Å²) in [6.45, 7) is 2.55. The number of fused-ring (bicyclic) bond motifs is 2. The highest BCUT2D eigenvalue weighted by atomic mass is 35.5. The molecule has 9 nitrogen and oxygen atoms in total. The lowest BCUT2D eigenvalue weighted by Crippen LogP contribution is -2.49. The van der Waals surface area contributed by atoms with Crippen molar-refractivity contribution in [3.05, 3.63) is 76.8 Å². The second kappa shape index (κ2) is 8.69. The normalized spacial score (nSPS) is 14.0. The monoisotopic (exact) mass is 499 g/mol. The molecule has 0 atom stereocenters. The van der Waals surface area contributed by atoms with E-state index in [1.54, 1.807) is 24.3 Å². The molecule has 36 heavy (non-hydrogen) atoms. The van der Waals surface area contributed by atoms with E-state index in [4.69, 9.17) is 17.3 Å². The number of piperazine rings is 1. The number of nitrogens with one attached hydrogen (secondary N) is 2. The molecule has 3 heterocycles. The van der Waals surface area contributed by atoms with E-state index in [2.05, 4.69) is 24.8 Å². The summed E-state index contributed by atoms with van der Waals surface area (Å²) in [5.74, 6) is 0.857. The molecule has 0 saturated carbocycles. The first-order valence-electron chi connectivity index (χ1n) is 11.5. The second-order valence-electron chi connectivity index (χ2n) is 8.73. The van der Waals surface area contributed by atoms with Gasteiger partial charge in [-0.05, 0) is 42.5 Å². The molecule has 5 aromatic rings. The average Bonchev–Trinajstić information content (AvgIpc) is 3.52. The number of halogens is 1. The smallest absolute Gasteiger partial charge is 0.253 e. The third kappa shape index (κ3) is 3.93. The SMILES string of the molecule is NC(=O)c1cccc2[nH]c(-c3ccc(C(=O)N4CCN(c5nc6cc(Cl)ccc6[nH]5)CC4)cc3)nc12. The van der Waals surface area contributed by atoms with Gasteiger partial charge in [-0.1, -0.05) is 29.8 Å². The first-order valence-corrected chi connectivity index (χ1v) is 11.9. The van der Waals surface area contributed by atoms with Crippen LogP contribution in [0.5, 0.6) is 0 Å². The molecule has 1 saturated heterocycles. The van der Waals surface area contributed by atoms with Crippen LogP contribution in [0.15, 0.2) is 60.7 Å². The molecule has 180 valence electrons. The zero-order valence-electron chi connectivity index (χ0n) is 19.2. The Morgan fingerprint density at radius 2 is 1.67 bits per heavy atom. The lowest BCUT2D eigenvalue weighted by molar-refractivity contribution is 0.0746. The van der Waals surface area contributed by atoms with E-state index in [0.29, 0.717) is 53.7 Å². The summed E-state index contributed by atoms with van der Waals surface area (Å²) in [4.78, 5) is 44.6. The Morgan fingerprint density at radius 1 is 0.889 bits per heavy atom. The Balaban J connectivity index is 1.14. The first-order chi connectivity index (χ1) is 17.5. The van der Waals surface area contributed by atoms with Crippen molar-refractivity contribution < 1.29 is 9.59 Å². The number of aromatic amines is 2. The van der Waals surface area contributed by atoms with E-state index in [9.17, 15) is 9.59 Å². The van der Waals surface area contributed by atoms with Crippen molar-refractivity contribution >= 4 is 51.4 Å². The maximum atomic E-state index is 13.1. The molecule has 0 unspecified atom stereocenters. The summed E-state index contributed by atoms with van der Waals surface area (Å²) in [5.41, 5.74) is 10.3. The van der Waals surface area contributed by atoms with Gasteiger partial charge in [0.15, 0.2) is 0 Å². The van der Waals surface area contributed by atoms with Gasteiger partial charge in [0.1, 0.15) is 11.3 Å². The molecule has 0 radical (unpaired) electrons. The number of hydrogen-bond acceptors (Lipinski definition) is 5. The lowest BCUT2D eigenvalue weighted by Gasteiger charge is -2.34. The maximum Gasteiger partial charge on any atom is 0.253 e. The maximum absolute atomic E-state index is 13.1. The van der Waals surface area contributed by atoms with E-state index in [1.807, 2.05) is 41.3 Å². The van der Waals surface area contributed by atoms with Gasteiger partial charge in [-0.2, -0.15) is 0 Å². The van der Waals surface area contributed by atoms with Gasteiger partial charge < -0.3 is 25.5 Å². The highest BCUT2D eigenvalue weighted by molar-refractivity contribution is 6.31. The number of imidazole rings is 2. The highest BCUT2D eigenvalue weighted by Crippen LogP contribution is 2.25. The van der Waals surface area contributed by atoms with Crippen molar-refractivity contribution in [2.24, 2.45) is 5.73 Å². The molecule has 6 rings (SSSR count). The summed E-state index contributed by atoms with van der Waals surface area (Å²) in [6.07, 6.45) is 0. The van der Waals surface area contributed by atoms with E-state index < -0.39 is 5.91 Å². The number of hydrogen-bond donors (Lipinski definition) is 3. The zero-order chi connectivity index (χ0) is 24.8. The Labute approximate surface area is 210 Å². The summed E-state index contributed by atoms with van der Waals surface area (Å²) >= 11 is 6.07. The fourth-order valence-corrected chi connectivity index (χ4v) is 4.72. The standard InChI is InChI=1S/C26H22ClN7O2/c27-17-8-9-19-21(14-17)31-26(30-19)34-12-10-33(11-13-34)25(36)16-6-4-15(5-7-16)24-29-20-3-1-2-18(23(28)35)22(20)32-24/h1-9,14H,10-13H2,(H2,28,35)(H,29,32)(H,30,31). The molecule has 1 aliphatic rings. The third-order valence-corrected chi connectivity index (χ3v) is 6.72. The van der Waals surface area contributed by atoms with Gasteiger partial charge in [0.25, 0.3) is 11.8 Å². The minimum atomic E-state index is -0.524. The van der Waals surface area contributed by atoms with Crippen LogP contribution in [-0.2, 0) is 0 Å². The van der Waals surface area contributed by atoms with Crippen LogP contribution in [0.3, 0.4) is 0 Å². The number of nitrogens with zero attached hydrogens (tertiary/aromatic N) is 4. The molecule has 10 heteroatoms. The fraction of sp³-hybridized carbons (Fsp3) is 0.154. The molecule has 2 amide bonds. The molecular formula is C26H22ClN7O2. The fourth-order valence-electron chi connectivity index (χ4n) is 4.56. The number of carbonyl (C=O) groups is 2. The van der Waals surface area contributed by atoms with Crippen LogP contribution in [0.25, 0.3) is 33.5 Å². The number of amides is 2. The number of rotatable bonds is 4. The number of nitrogens with two attached hydrogens (primary N) is 1. The van der Waals surface area contributed by atoms with E-state index in [0.717, 1.165) is 28.1 Å². The van der Waals surface area contributed by atoms with Crippen LogP contribution >= 0.6 is 11.6 Å². The molecule has 4 N–H and O–H groups in total. The van der Waals surface area contributed by atoms with Crippen molar-refractivity contribution in [2.45, 2.75) is 0 Å². The predicted molar refractivity (Wildman–Crippen MR) is 139 cm³/mol. The molecule has 1 fully saturated rings.